The Labute approximate surface area is 93.7 Å². The Bertz CT molecular complexity index is 300. The van der Waals surface area contributed by atoms with Gasteiger partial charge in [0.15, 0.2) is 0 Å². The van der Waals surface area contributed by atoms with Crippen molar-refractivity contribution in [1.82, 2.24) is 4.98 Å². The van der Waals surface area contributed by atoms with Crippen molar-refractivity contribution in [3.8, 4) is 0 Å². The number of hydrogen-bond donors (Lipinski definition) is 1. The molecular formula is C13H25NO. The maximum absolute atomic E-state index is 11.2. The Hall–Kier alpha value is -1.05. The van der Waals surface area contributed by atoms with Gasteiger partial charge in [0, 0.05) is 11.8 Å². The van der Waals surface area contributed by atoms with Crippen molar-refractivity contribution in [3.05, 3.63) is 33.7 Å². The van der Waals surface area contributed by atoms with Crippen LogP contribution < -0.4 is 5.56 Å². The smallest absolute Gasteiger partial charge is 0.251 e. The van der Waals surface area contributed by atoms with Crippen LogP contribution in [0.25, 0.3) is 0 Å². The van der Waals surface area contributed by atoms with Gasteiger partial charge in [-0.2, -0.15) is 0 Å². The Morgan fingerprint density at radius 1 is 1.13 bits per heavy atom. The van der Waals surface area contributed by atoms with Crippen molar-refractivity contribution in [2.45, 2.75) is 54.4 Å². The number of aromatic amines is 1. The monoisotopic (exact) mass is 211 g/mol. The van der Waals surface area contributed by atoms with Crippen molar-refractivity contribution >= 4 is 0 Å². The summed E-state index contributed by atoms with van der Waals surface area (Å²) in [5.74, 6) is 0.304. The van der Waals surface area contributed by atoms with Gasteiger partial charge in [0.25, 0.3) is 5.56 Å². The van der Waals surface area contributed by atoms with Crippen molar-refractivity contribution < 1.29 is 0 Å². The fourth-order valence-corrected chi connectivity index (χ4v) is 1.04. The molecule has 2 heteroatoms. The van der Waals surface area contributed by atoms with E-state index >= 15 is 0 Å². The molecule has 0 spiro atoms. The van der Waals surface area contributed by atoms with E-state index in [1.54, 1.807) is 6.20 Å². The summed E-state index contributed by atoms with van der Waals surface area (Å²) in [6.07, 6.45) is 1.73. The third kappa shape index (κ3) is 6.10. The van der Waals surface area contributed by atoms with Gasteiger partial charge in [-0.3, -0.25) is 4.79 Å². The highest BCUT2D eigenvalue weighted by Gasteiger charge is 2.03. The van der Waals surface area contributed by atoms with Crippen LogP contribution in [0.2, 0.25) is 0 Å². The summed E-state index contributed by atoms with van der Waals surface area (Å²) in [5, 5.41) is 0. The van der Waals surface area contributed by atoms with Crippen molar-refractivity contribution in [1.29, 1.82) is 0 Å². The molecule has 0 aliphatic heterocycles. The average molecular weight is 211 g/mol. The highest BCUT2D eigenvalue weighted by molar-refractivity contribution is 5.19. The van der Waals surface area contributed by atoms with Crippen LogP contribution in [0.4, 0.5) is 0 Å². The summed E-state index contributed by atoms with van der Waals surface area (Å²) < 4.78 is 0. The lowest BCUT2D eigenvalue weighted by Crippen LogP contribution is -2.13. The zero-order valence-corrected chi connectivity index (χ0v) is 11.1. The van der Waals surface area contributed by atoms with Gasteiger partial charge < -0.3 is 4.98 Å². The van der Waals surface area contributed by atoms with Crippen LogP contribution in [0.3, 0.4) is 0 Å². The van der Waals surface area contributed by atoms with Gasteiger partial charge in [-0.25, -0.2) is 0 Å². The van der Waals surface area contributed by atoms with E-state index in [-0.39, 0.29) is 5.56 Å². The van der Waals surface area contributed by atoms with Crippen LogP contribution in [0.1, 0.15) is 58.6 Å². The van der Waals surface area contributed by atoms with Crippen LogP contribution in [-0.2, 0) is 0 Å². The summed E-state index contributed by atoms with van der Waals surface area (Å²) in [6, 6.07) is 1.93. The van der Waals surface area contributed by atoms with E-state index in [1.165, 1.54) is 0 Å². The summed E-state index contributed by atoms with van der Waals surface area (Å²) in [7, 11) is 0. The molecule has 1 heterocycles. The molecule has 0 amide bonds. The first-order valence-electron chi connectivity index (χ1n) is 5.80. The predicted molar refractivity (Wildman–Crippen MR) is 68.6 cm³/mol. The average Bonchev–Trinajstić information content (AvgIpc) is 2.27. The number of H-pyrrole nitrogens is 1. The zero-order valence-electron chi connectivity index (χ0n) is 11.1. The summed E-state index contributed by atoms with van der Waals surface area (Å²) >= 11 is 0. The third-order valence-electron chi connectivity index (χ3n) is 1.70. The Kier molecular flexibility index (Phi) is 10.4. The molecule has 88 valence electrons. The Morgan fingerprint density at radius 3 is 1.93 bits per heavy atom. The predicted octanol–water partition coefficient (Wildman–Crippen LogP) is 3.86. The minimum atomic E-state index is 0.0330. The highest BCUT2D eigenvalue weighted by atomic mass is 16.1. The first-order valence-corrected chi connectivity index (χ1v) is 5.80. The number of pyridine rings is 1. The lowest BCUT2D eigenvalue weighted by atomic mass is 10.0. The topological polar surface area (TPSA) is 32.9 Å². The second-order valence-corrected chi connectivity index (χ2v) is 3.12. The maximum Gasteiger partial charge on any atom is 0.251 e. The summed E-state index contributed by atoms with van der Waals surface area (Å²) in [4.78, 5) is 13.9. The Balaban J connectivity index is 0. The first kappa shape index (κ1) is 16.4. The molecule has 1 aromatic rings. The van der Waals surface area contributed by atoms with E-state index in [4.69, 9.17) is 0 Å². The van der Waals surface area contributed by atoms with E-state index in [0.717, 1.165) is 11.1 Å². The normalized spacial score (nSPS) is 8.53. The largest absolute Gasteiger partial charge is 0.329 e. The van der Waals surface area contributed by atoms with Crippen LogP contribution >= 0.6 is 0 Å². The number of nitrogens with one attached hydrogen (secondary N) is 1. The fraction of sp³-hybridized carbons (Fsp3) is 0.615. The van der Waals surface area contributed by atoms with Gasteiger partial charge in [-0.1, -0.05) is 41.5 Å². The standard InChI is InChI=1S/C9H13NO.2C2H6/c1-6(2)8-4-7(3)5-10-9(8)11;2*1-2/h4-6H,1-3H3,(H,10,11);2*1-2H3. The molecule has 0 saturated heterocycles. The zero-order chi connectivity index (χ0) is 12.4. The van der Waals surface area contributed by atoms with Gasteiger partial charge >= 0.3 is 0 Å². The fourth-order valence-electron chi connectivity index (χ4n) is 1.04. The molecular weight excluding hydrogens is 186 g/mol. The van der Waals surface area contributed by atoms with Crippen LogP contribution in [-0.4, -0.2) is 4.98 Å². The summed E-state index contributed by atoms with van der Waals surface area (Å²) in [6.45, 7) is 14.0. The number of aromatic nitrogens is 1. The van der Waals surface area contributed by atoms with Crippen molar-refractivity contribution in [2.24, 2.45) is 0 Å². The molecule has 0 unspecified atom stereocenters. The van der Waals surface area contributed by atoms with Gasteiger partial charge in [0.1, 0.15) is 0 Å². The molecule has 0 aliphatic rings. The second kappa shape index (κ2) is 9.50. The van der Waals surface area contributed by atoms with Gasteiger partial charge in [0.05, 0.1) is 0 Å². The molecule has 0 aromatic carbocycles. The van der Waals surface area contributed by atoms with Gasteiger partial charge in [-0.15, -0.1) is 0 Å². The quantitative estimate of drug-likeness (QED) is 0.751. The first-order chi connectivity index (χ1) is 7.11. The van der Waals surface area contributed by atoms with E-state index in [2.05, 4.69) is 4.98 Å². The molecule has 0 aliphatic carbocycles. The molecule has 0 atom stereocenters. The minimum Gasteiger partial charge on any atom is -0.329 e. The number of hydrogen-bond acceptors (Lipinski definition) is 1. The third-order valence-corrected chi connectivity index (χ3v) is 1.70. The van der Waals surface area contributed by atoms with Gasteiger partial charge in [-0.05, 0) is 24.5 Å². The van der Waals surface area contributed by atoms with Crippen molar-refractivity contribution in [2.75, 3.05) is 0 Å². The Morgan fingerprint density at radius 2 is 1.60 bits per heavy atom. The highest BCUT2D eigenvalue weighted by Crippen LogP contribution is 2.09. The SMILES string of the molecule is CC.CC.Cc1c[nH]c(=O)c(C(C)C)c1. The lowest BCUT2D eigenvalue weighted by molar-refractivity contribution is 0.841. The number of aryl methyl sites for hydroxylation is 1. The van der Waals surface area contributed by atoms with Crippen LogP contribution in [0.15, 0.2) is 17.1 Å². The molecule has 0 bridgehead atoms. The molecule has 1 aromatic heterocycles. The lowest BCUT2D eigenvalue weighted by Gasteiger charge is -2.03. The van der Waals surface area contributed by atoms with E-state index in [0.29, 0.717) is 5.92 Å². The minimum absolute atomic E-state index is 0.0330. The molecule has 0 saturated carbocycles. The molecule has 15 heavy (non-hydrogen) atoms. The van der Waals surface area contributed by atoms with E-state index < -0.39 is 0 Å². The summed E-state index contributed by atoms with van der Waals surface area (Å²) in [5.41, 5.74) is 2.00. The van der Waals surface area contributed by atoms with E-state index in [1.807, 2.05) is 54.5 Å². The molecule has 0 fully saturated rings. The number of rotatable bonds is 1. The molecule has 1 N–H and O–H groups in total. The van der Waals surface area contributed by atoms with Gasteiger partial charge in [0.2, 0.25) is 0 Å². The molecule has 1 rings (SSSR count). The molecule has 0 radical (unpaired) electrons. The second-order valence-electron chi connectivity index (χ2n) is 3.12. The van der Waals surface area contributed by atoms with E-state index in [9.17, 15) is 4.79 Å². The molecule has 2 nitrogen and oxygen atoms in total. The van der Waals surface area contributed by atoms with Crippen LogP contribution in [0, 0.1) is 6.92 Å². The maximum atomic E-state index is 11.2. The van der Waals surface area contributed by atoms with Crippen molar-refractivity contribution in [3.63, 3.8) is 0 Å². The van der Waals surface area contributed by atoms with Crippen LogP contribution in [0.5, 0.6) is 0 Å².